The van der Waals surface area contributed by atoms with Gasteiger partial charge in [-0.05, 0) is 55.5 Å². The minimum Gasteiger partial charge on any atom is -0.495 e. The van der Waals surface area contributed by atoms with Crippen LogP contribution in [0.25, 0.3) is 11.3 Å². The lowest BCUT2D eigenvalue weighted by atomic mass is 10.1. The molecule has 0 fully saturated rings. The highest BCUT2D eigenvalue weighted by atomic mass is 127. The number of sulfonamides is 1. The van der Waals surface area contributed by atoms with Gasteiger partial charge in [0, 0.05) is 5.69 Å². The maximum atomic E-state index is 14.6. The van der Waals surface area contributed by atoms with E-state index in [1.807, 2.05) is 0 Å². The summed E-state index contributed by atoms with van der Waals surface area (Å²) >= 11 is 1.75. The van der Waals surface area contributed by atoms with Crippen molar-refractivity contribution >= 4 is 49.9 Å². The molecule has 4 N–H and O–H groups in total. The average Bonchev–Trinajstić information content (AvgIpc) is 3.13. The SMILES string of the molecule is COc1ccc(NC(=O)[C@@H](N)I)cc1NS(=O)(=O)c1ccc(-c2ccc(C)o2)c(F)c1. The number of anilines is 2. The molecule has 3 rings (SSSR count). The fourth-order valence-electron chi connectivity index (χ4n) is 2.72. The molecule has 0 saturated heterocycles. The molecule has 0 radical (unpaired) electrons. The van der Waals surface area contributed by atoms with Gasteiger partial charge in [-0.3, -0.25) is 9.52 Å². The highest BCUT2D eigenvalue weighted by molar-refractivity contribution is 14.1. The van der Waals surface area contributed by atoms with E-state index in [0.717, 1.165) is 6.07 Å². The van der Waals surface area contributed by atoms with Crippen LogP contribution in [0.1, 0.15) is 5.76 Å². The number of ether oxygens (including phenoxy) is 1. The molecule has 0 aliphatic heterocycles. The molecule has 3 aromatic rings. The summed E-state index contributed by atoms with van der Waals surface area (Å²) in [6.45, 7) is 1.72. The lowest BCUT2D eigenvalue weighted by Crippen LogP contribution is -2.29. The first kappa shape index (κ1) is 23.0. The quantitative estimate of drug-likeness (QED) is 0.230. The number of hydrogen-bond acceptors (Lipinski definition) is 6. The molecular weight excluding hydrogens is 540 g/mol. The third-order valence-corrected chi connectivity index (χ3v) is 6.15. The zero-order valence-corrected chi connectivity index (χ0v) is 19.5. The number of rotatable bonds is 7. The monoisotopic (exact) mass is 559 g/mol. The van der Waals surface area contributed by atoms with Gasteiger partial charge in [-0.15, -0.1) is 0 Å². The Balaban J connectivity index is 1.91. The fourth-order valence-corrected chi connectivity index (χ4v) is 3.95. The number of carbonyl (C=O) groups is 1. The molecule has 0 unspecified atom stereocenters. The smallest absolute Gasteiger partial charge is 0.262 e. The van der Waals surface area contributed by atoms with E-state index in [9.17, 15) is 17.6 Å². The van der Waals surface area contributed by atoms with Crippen molar-refractivity contribution in [2.24, 2.45) is 5.73 Å². The second-order valence-corrected chi connectivity index (χ2v) is 9.49. The summed E-state index contributed by atoms with van der Waals surface area (Å²) in [4.78, 5) is 11.5. The van der Waals surface area contributed by atoms with Crippen molar-refractivity contribution in [3.63, 3.8) is 0 Å². The molecule has 8 nitrogen and oxygen atoms in total. The molecule has 1 aromatic heterocycles. The second-order valence-electron chi connectivity index (χ2n) is 6.46. The van der Waals surface area contributed by atoms with Gasteiger partial charge in [0.1, 0.15) is 27.1 Å². The molecule has 0 saturated carbocycles. The first-order valence-corrected chi connectivity index (χ1v) is 11.6. The Morgan fingerprint density at radius 3 is 2.52 bits per heavy atom. The Morgan fingerprint density at radius 2 is 1.94 bits per heavy atom. The van der Waals surface area contributed by atoms with Crippen LogP contribution in [0.4, 0.5) is 15.8 Å². The van der Waals surface area contributed by atoms with E-state index in [2.05, 4.69) is 10.0 Å². The molecule has 1 atom stereocenters. The highest BCUT2D eigenvalue weighted by Crippen LogP contribution is 2.32. The summed E-state index contributed by atoms with van der Waals surface area (Å²) in [6, 6.07) is 11.2. The van der Waals surface area contributed by atoms with Gasteiger partial charge in [-0.1, -0.05) is 22.6 Å². The molecular formula is C20H19FIN3O5S. The summed E-state index contributed by atoms with van der Waals surface area (Å²) < 4.78 is 52.5. The second kappa shape index (κ2) is 9.24. The van der Waals surface area contributed by atoms with Crippen molar-refractivity contribution in [1.82, 2.24) is 0 Å². The van der Waals surface area contributed by atoms with Gasteiger partial charge in [-0.2, -0.15) is 0 Å². The van der Waals surface area contributed by atoms with Gasteiger partial charge in [-0.25, -0.2) is 12.8 Å². The number of alkyl halides is 1. The maximum absolute atomic E-state index is 14.6. The summed E-state index contributed by atoms with van der Waals surface area (Å²) in [5.41, 5.74) is 6.04. The van der Waals surface area contributed by atoms with Crippen molar-refractivity contribution in [2.45, 2.75) is 15.9 Å². The van der Waals surface area contributed by atoms with Gasteiger partial charge < -0.3 is 20.2 Å². The van der Waals surface area contributed by atoms with E-state index in [0.29, 0.717) is 17.2 Å². The van der Waals surface area contributed by atoms with Crippen LogP contribution in [-0.2, 0) is 14.8 Å². The number of nitrogens with one attached hydrogen (secondary N) is 2. The lowest BCUT2D eigenvalue weighted by Gasteiger charge is -2.15. The van der Waals surface area contributed by atoms with E-state index >= 15 is 0 Å². The minimum absolute atomic E-state index is 0.0634. The number of carbonyl (C=O) groups excluding carboxylic acids is 1. The Labute approximate surface area is 192 Å². The van der Waals surface area contributed by atoms with Gasteiger partial charge in [0.2, 0.25) is 0 Å². The Morgan fingerprint density at radius 1 is 1.19 bits per heavy atom. The van der Waals surface area contributed by atoms with Crippen LogP contribution in [0, 0.1) is 12.7 Å². The number of furan rings is 1. The first-order valence-electron chi connectivity index (χ1n) is 8.88. The summed E-state index contributed by atoms with van der Waals surface area (Å²) in [7, 11) is -2.80. The molecule has 0 spiro atoms. The number of hydrogen-bond donors (Lipinski definition) is 3. The van der Waals surface area contributed by atoms with Crippen molar-refractivity contribution < 1.29 is 26.8 Å². The predicted octanol–water partition coefficient (Wildman–Crippen LogP) is 3.86. The molecule has 164 valence electrons. The molecule has 0 bridgehead atoms. The molecule has 11 heteroatoms. The van der Waals surface area contributed by atoms with E-state index in [4.69, 9.17) is 14.9 Å². The summed E-state index contributed by atoms with van der Waals surface area (Å²) in [5.74, 6) is -0.0871. The molecule has 2 aromatic carbocycles. The van der Waals surface area contributed by atoms with Crippen molar-refractivity contribution in [3.05, 3.63) is 60.1 Å². The molecule has 1 amide bonds. The van der Waals surface area contributed by atoms with Crippen molar-refractivity contribution in [1.29, 1.82) is 0 Å². The number of benzene rings is 2. The van der Waals surface area contributed by atoms with Crippen LogP contribution in [0.2, 0.25) is 0 Å². The van der Waals surface area contributed by atoms with Crippen LogP contribution >= 0.6 is 22.6 Å². The van der Waals surface area contributed by atoms with Gasteiger partial charge >= 0.3 is 0 Å². The Bertz CT molecular complexity index is 1230. The molecule has 0 aliphatic rings. The van der Waals surface area contributed by atoms with E-state index < -0.39 is 25.8 Å². The summed E-state index contributed by atoms with van der Waals surface area (Å²) in [6.07, 6.45) is 0. The van der Waals surface area contributed by atoms with Crippen LogP contribution < -0.4 is 20.5 Å². The Kier molecular flexibility index (Phi) is 6.86. The number of amides is 1. The van der Waals surface area contributed by atoms with Gasteiger partial charge in [0.25, 0.3) is 15.9 Å². The van der Waals surface area contributed by atoms with Crippen molar-refractivity contribution in [3.8, 4) is 17.1 Å². The zero-order chi connectivity index (χ0) is 22.8. The zero-order valence-electron chi connectivity index (χ0n) is 16.5. The standard InChI is InChI=1S/C20H19FIN3O5S/c1-11-3-7-17(30-11)14-6-5-13(10-15(14)21)31(27,28)25-16-9-12(4-8-18(16)29-2)24-20(26)19(22)23/h3-10,19,25H,23H2,1-2H3,(H,24,26)/t19-/m1/s1. The average molecular weight is 559 g/mol. The number of aryl methyl sites for hydroxylation is 1. The van der Waals surface area contributed by atoms with Crippen LogP contribution in [0.5, 0.6) is 5.75 Å². The lowest BCUT2D eigenvalue weighted by molar-refractivity contribution is -0.115. The van der Waals surface area contributed by atoms with E-state index in [1.165, 1.54) is 37.4 Å². The van der Waals surface area contributed by atoms with E-state index in [1.54, 1.807) is 41.6 Å². The molecule has 31 heavy (non-hydrogen) atoms. The number of halogens is 2. The van der Waals surface area contributed by atoms with Crippen LogP contribution in [0.15, 0.2) is 57.8 Å². The number of nitrogens with two attached hydrogens (primary N) is 1. The van der Waals surface area contributed by atoms with Crippen molar-refractivity contribution in [2.75, 3.05) is 17.1 Å². The fraction of sp³-hybridized carbons (Fsp3) is 0.150. The Hall–Kier alpha value is -2.64. The van der Waals surface area contributed by atoms with E-state index in [-0.39, 0.29) is 21.9 Å². The first-order chi connectivity index (χ1) is 14.6. The molecule has 0 aliphatic carbocycles. The predicted molar refractivity (Wildman–Crippen MR) is 123 cm³/mol. The maximum Gasteiger partial charge on any atom is 0.262 e. The molecule has 1 heterocycles. The number of methoxy groups -OCH3 is 1. The minimum atomic E-state index is -4.16. The van der Waals surface area contributed by atoms with Gasteiger partial charge in [0.05, 0.1) is 23.3 Å². The summed E-state index contributed by atoms with van der Waals surface area (Å²) in [5, 5.41) is 2.56. The largest absolute Gasteiger partial charge is 0.495 e. The normalized spacial score (nSPS) is 12.3. The van der Waals surface area contributed by atoms with Crippen LogP contribution in [-0.4, -0.2) is 25.5 Å². The highest BCUT2D eigenvalue weighted by Gasteiger charge is 2.20. The third-order valence-electron chi connectivity index (χ3n) is 4.22. The van der Waals surface area contributed by atoms with Gasteiger partial charge in [0.15, 0.2) is 0 Å². The van der Waals surface area contributed by atoms with Crippen LogP contribution in [0.3, 0.4) is 0 Å². The third kappa shape index (κ3) is 5.35. The topological polar surface area (TPSA) is 124 Å².